The van der Waals surface area contributed by atoms with Crippen LogP contribution in [0, 0.1) is 0 Å². The van der Waals surface area contributed by atoms with Crippen LogP contribution in [-0.2, 0) is 10.2 Å². The van der Waals surface area contributed by atoms with E-state index < -0.39 is 10.2 Å². The minimum atomic E-state index is -3.21. The monoisotopic (exact) mass is 249 g/mol. The van der Waals surface area contributed by atoms with Crippen molar-refractivity contribution in [2.24, 2.45) is 0 Å². The lowest BCUT2D eigenvalue weighted by atomic mass is 10.1. The molecule has 1 saturated heterocycles. The van der Waals surface area contributed by atoms with Crippen LogP contribution in [0.4, 0.5) is 0 Å². The molecule has 0 spiro atoms. The van der Waals surface area contributed by atoms with Crippen LogP contribution in [-0.4, -0.2) is 68.7 Å². The summed E-state index contributed by atoms with van der Waals surface area (Å²) >= 11 is 0. The Morgan fingerprint density at radius 1 is 1.19 bits per heavy atom. The summed E-state index contributed by atoms with van der Waals surface area (Å²) in [6.45, 7) is 4.42. The lowest BCUT2D eigenvalue weighted by molar-refractivity contribution is 0.172. The zero-order valence-electron chi connectivity index (χ0n) is 10.7. The third-order valence-corrected chi connectivity index (χ3v) is 5.27. The van der Waals surface area contributed by atoms with Crippen LogP contribution in [0.2, 0.25) is 0 Å². The second-order valence-corrected chi connectivity index (χ2v) is 6.64. The highest BCUT2D eigenvalue weighted by Gasteiger charge is 2.30. The van der Waals surface area contributed by atoms with E-state index in [9.17, 15) is 8.42 Å². The van der Waals surface area contributed by atoms with Crippen LogP contribution < -0.4 is 0 Å². The minimum absolute atomic E-state index is 0.526. The molecule has 0 radical (unpaired) electrons. The van der Waals surface area contributed by atoms with Gasteiger partial charge in [0.05, 0.1) is 0 Å². The molecule has 0 N–H and O–H groups in total. The quantitative estimate of drug-likeness (QED) is 0.715. The van der Waals surface area contributed by atoms with E-state index in [1.165, 1.54) is 4.31 Å². The molecule has 0 saturated carbocycles. The largest absolute Gasteiger partial charge is 0.304 e. The predicted octanol–water partition coefficient (Wildman–Crippen LogP) is 0.209. The van der Waals surface area contributed by atoms with Gasteiger partial charge in [-0.3, -0.25) is 0 Å². The van der Waals surface area contributed by atoms with E-state index >= 15 is 0 Å². The summed E-state index contributed by atoms with van der Waals surface area (Å²) in [5, 5.41) is 0. The topological polar surface area (TPSA) is 43.9 Å². The molecular formula is C10H23N3O2S. The first-order valence-corrected chi connectivity index (χ1v) is 7.17. The van der Waals surface area contributed by atoms with E-state index in [1.54, 1.807) is 18.4 Å². The molecule has 96 valence electrons. The highest BCUT2D eigenvalue weighted by Crippen LogP contribution is 2.18. The lowest BCUT2D eigenvalue weighted by Crippen LogP contribution is -2.48. The van der Waals surface area contributed by atoms with Crippen molar-refractivity contribution >= 4 is 10.2 Å². The Bertz CT molecular complexity index is 308. The summed E-state index contributed by atoms with van der Waals surface area (Å²) in [7, 11) is 2.06. The lowest BCUT2D eigenvalue weighted by Gasteiger charge is -2.36. The average molecular weight is 249 g/mol. The Hall–Kier alpha value is -0.170. The second-order valence-electron chi connectivity index (χ2n) is 4.49. The summed E-state index contributed by atoms with van der Waals surface area (Å²) in [6, 6.07) is 0.526. The Morgan fingerprint density at radius 2 is 1.69 bits per heavy atom. The normalized spacial score (nSPS) is 20.9. The second kappa shape index (κ2) is 5.44. The zero-order chi connectivity index (χ0) is 12.3. The fraction of sp³-hybridized carbons (Fsp3) is 1.00. The zero-order valence-corrected chi connectivity index (χ0v) is 11.5. The fourth-order valence-corrected chi connectivity index (χ4v) is 3.14. The van der Waals surface area contributed by atoms with Crippen LogP contribution in [0.5, 0.6) is 0 Å². The minimum Gasteiger partial charge on any atom is -0.304 e. The third-order valence-electron chi connectivity index (χ3n) is 3.33. The SMILES string of the molecule is CCN(C)C1CCN(S(=O)(=O)N(C)C)CC1. The fourth-order valence-electron chi connectivity index (χ4n) is 2.00. The van der Waals surface area contributed by atoms with Gasteiger partial charge in [0.1, 0.15) is 0 Å². The third kappa shape index (κ3) is 2.94. The molecule has 5 nitrogen and oxygen atoms in total. The first kappa shape index (κ1) is 13.9. The molecule has 0 aromatic heterocycles. The number of nitrogens with zero attached hydrogens (tertiary/aromatic N) is 3. The average Bonchev–Trinajstić information content (AvgIpc) is 2.28. The Morgan fingerprint density at radius 3 is 2.06 bits per heavy atom. The molecule has 16 heavy (non-hydrogen) atoms. The van der Waals surface area contributed by atoms with Crippen molar-refractivity contribution < 1.29 is 8.42 Å². The van der Waals surface area contributed by atoms with Crippen molar-refractivity contribution in [3.63, 3.8) is 0 Å². The number of hydrogen-bond acceptors (Lipinski definition) is 3. The van der Waals surface area contributed by atoms with Gasteiger partial charge in [0.25, 0.3) is 10.2 Å². The molecule has 0 bridgehead atoms. The van der Waals surface area contributed by atoms with Crippen LogP contribution in [0.1, 0.15) is 19.8 Å². The first-order valence-electron chi connectivity index (χ1n) is 5.77. The molecule has 0 amide bonds. The maximum atomic E-state index is 11.9. The molecule has 1 heterocycles. The molecule has 1 aliphatic rings. The molecular weight excluding hydrogens is 226 g/mol. The first-order chi connectivity index (χ1) is 7.39. The summed E-state index contributed by atoms with van der Waals surface area (Å²) < 4.78 is 26.6. The maximum absolute atomic E-state index is 11.9. The Balaban J connectivity index is 2.56. The molecule has 0 unspecified atom stereocenters. The van der Waals surface area contributed by atoms with Crippen molar-refractivity contribution in [3.8, 4) is 0 Å². The summed E-state index contributed by atoms with van der Waals surface area (Å²) in [6.07, 6.45) is 1.86. The Kier molecular flexibility index (Phi) is 4.73. The van der Waals surface area contributed by atoms with E-state index in [4.69, 9.17) is 0 Å². The Labute approximate surface area is 99.2 Å². The molecule has 0 atom stereocenters. The number of piperidine rings is 1. The van der Waals surface area contributed by atoms with Crippen LogP contribution >= 0.6 is 0 Å². The van der Waals surface area contributed by atoms with Gasteiger partial charge in [-0.25, -0.2) is 0 Å². The summed E-state index contributed by atoms with van der Waals surface area (Å²) in [5.41, 5.74) is 0. The highest BCUT2D eigenvalue weighted by atomic mass is 32.2. The van der Waals surface area contributed by atoms with Gasteiger partial charge >= 0.3 is 0 Å². The van der Waals surface area contributed by atoms with E-state index in [1.807, 2.05) is 0 Å². The smallest absolute Gasteiger partial charge is 0.281 e. The van der Waals surface area contributed by atoms with Crippen LogP contribution in [0.25, 0.3) is 0 Å². The van der Waals surface area contributed by atoms with E-state index in [2.05, 4.69) is 18.9 Å². The molecule has 1 aliphatic heterocycles. The molecule has 0 aromatic rings. The molecule has 0 aromatic carbocycles. The molecule has 1 fully saturated rings. The van der Waals surface area contributed by atoms with Crippen molar-refractivity contribution in [2.45, 2.75) is 25.8 Å². The van der Waals surface area contributed by atoms with Gasteiger partial charge in [0, 0.05) is 33.2 Å². The van der Waals surface area contributed by atoms with E-state index in [0.717, 1.165) is 19.4 Å². The van der Waals surface area contributed by atoms with Crippen molar-refractivity contribution in [2.75, 3.05) is 40.8 Å². The predicted molar refractivity (Wildman–Crippen MR) is 65.5 cm³/mol. The molecule has 1 rings (SSSR count). The van der Waals surface area contributed by atoms with Gasteiger partial charge in [0.2, 0.25) is 0 Å². The van der Waals surface area contributed by atoms with Crippen molar-refractivity contribution in [1.82, 2.24) is 13.5 Å². The number of hydrogen-bond donors (Lipinski definition) is 0. The van der Waals surface area contributed by atoms with Crippen LogP contribution in [0.15, 0.2) is 0 Å². The highest BCUT2D eigenvalue weighted by molar-refractivity contribution is 7.86. The van der Waals surface area contributed by atoms with Crippen LogP contribution in [0.3, 0.4) is 0 Å². The van der Waals surface area contributed by atoms with E-state index in [0.29, 0.717) is 19.1 Å². The van der Waals surface area contributed by atoms with Gasteiger partial charge in [-0.2, -0.15) is 17.0 Å². The summed E-state index contributed by atoms with van der Waals surface area (Å²) in [5.74, 6) is 0. The van der Waals surface area contributed by atoms with Crippen molar-refractivity contribution in [3.05, 3.63) is 0 Å². The number of rotatable bonds is 4. The van der Waals surface area contributed by atoms with E-state index in [-0.39, 0.29) is 0 Å². The van der Waals surface area contributed by atoms with Gasteiger partial charge in [-0.05, 0) is 26.4 Å². The van der Waals surface area contributed by atoms with Gasteiger partial charge in [-0.15, -0.1) is 0 Å². The van der Waals surface area contributed by atoms with Crippen molar-refractivity contribution in [1.29, 1.82) is 0 Å². The standard InChI is InChI=1S/C10H23N3O2S/c1-5-12(4)10-6-8-13(9-7-10)16(14,15)11(2)3/h10H,5-9H2,1-4H3. The maximum Gasteiger partial charge on any atom is 0.281 e. The van der Waals surface area contributed by atoms with Gasteiger partial charge < -0.3 is 4.90 Å². The van der Waals surface area contributed by atoms with Gasteiger partial charge in [0.15, 0.2) is 0 Å². The van der Waals surface area contributed by atoms with Gasteiger partial charge in [-0.1, -0.05) is 6.92 Å². The molecule has 6 heteroatoms. The molecule has 0 aliphatic carbocycles. The summed E-state index contributed by atoms with van der Waals surface area (Å²) in [4.78, 5) is 2.29.